The zero-order valence-electron chi connectivity index (χ0n) is 17.4. The first-order valence-corrected chi connectivity index (χ1v) is 9.46. The van der Waals surface area contributed by atoms with Crippen molar-refractivity contribution in [2.24, 2.45) is 0 Å². The van der Waals surface area contributed by atoms with Crippen molar-refractivity contribution in [3.63, 3.8) is 0 Å². The predicted octanol–water partition coefficient (Wildman–Crippen LogP) is 3.92. The quantitative estimate of drug-likeness (QED) is 0.431. The van der Waals surface area contributed by atoms with Crippen molar-refractivity contribution >= 4 is 29.2 Å². The van der Waals surface area contributed by atoms with Crippen LogP contribution in [0, 0.1) is 18.2 Å². The SMILES string of the molecule is Cc1ccc(NC(=O)c2ccccc2NC(=O)c2ccc(C(=N)N(C)C)cc2F)nc1. The molecule has 7 nitrogen and oxygen atoms in total. The number of carbonyl (C=O) groups is 2. The summed E-state index contributed by atoms with van der Waals surface area (Å²) >= 11 is 0. The second kappa shape index (κ2) is 9.17. The number of nitrogens with zero attached hydrogens (tertiary/aromatic N) is 2. The molecule has 0 aliphatic carbocycles. The lowest BCUT2D eigenvalue weighted by molar-refractivity contribution is 0.102. The number of carbonyl (C=O) groups excluding carboxylic acids is 2. The van der Waals surface area contributed by atoms with Gasteiger partial charge in [-0.15, -0.1) is 0 Å². The molecule has 0 unspecified atom stereocenters. The second-order valence-corrected chi connectivity index (χ2v) is 7.11. The minimum atomic E-state index is -0.757. The lowest BCUT2D eigenvalue weighted by atomic mass is 10.1. The Morgan fingerprint density at radius 2 is 1.68 bits per heavy atom. The van der Waals surface area contributed by atoms with Gasteiger partial charge in [0, 0.05) is 25.9 Å². The summed E-state index contributed by atoms with van der Waals surface area (Å²) in [5.74, 6) is -1.41. The predicted molar refractivity (Wildman–Crippen MR) is 118 cm³/mol. The lowest BCUT2D eigenvalue weighted by Gasteiger charge is -2.15. The maximum Gasteiger partial charge on any atom is 0.258 e. The van der Waals surface area contributed by atoms with E-state index in [0.717, 1.165) is 11.6 Å². The van der Waals surface area contributed by atoms with Crippen molar-refractivity contribution in [2.75, 3.05) is 24.7 Å². The maximum absolute atomic E-state index is 14.5. The zero-order valence-corrected chi connectivity index (χ0v) is 17.4. The highest BCUT2D eigenvalue weighted by atomic mass is 19.1. The van der Waals surface area contributed by atoms with Crippen LogP contribution in [0.1, 0.15) is 31.8 Å². The van der Waals surface area contributed by atoms with E-state index in [4.69, 9.17) is 5.41 Å². The summed E-state index contributed by atoms with van der Waals surface area (Å²) in [6.45, 7) is 1.89. The van der Waals surface area contributed by atoms with E-state index in [1.54, 1.807) is 50.6 Å². The number of aromatic nitrogens is 1. The molecule has 0 saturated carbocycles. The first kappa shape index (κ1) is 21.6. The van der Waals surface area contributed by atoms with Crippen molar-refractivity contribution in [3.05, 3.63) is 88.9 Å². The number of anilines is 2. The molecule has 3 aromatic rings. The van der Waals surface area contributed by atoms with Crippen molar-refractivity contribution in [1.82, 2.24) is 9.88 Å². The summed E-state index contributed by atoms with van der Waals surface area (Å²) in [6.07, 6.45) is 1.63. The van der Waals surface area contributed by atoms with Gasteiger partial charge in [0.1, 0.15) is 17.5 Å². The van der Waals surface area contributed by atoms with Crippen LogP contribution in [0.3, 0.4) is 0 Å². The van der Waals surface area contributed by atoms with Crippen molar-refractivity contribution in [1.29, 1.82) is 5.41 Å². The van der Waals surface area contributed by atoms with Gasteiger partial charge in [-0.3, -0.25) is 15.0 Å². The standard InChI is InChI=1S/C23H22FN5O2/c1-14-8-11-20(26-13-14)28-23(31)17-6-4-5-7-19(17)27-22(30)16-10-9-15(12-18(16)24)21(25)29(2)3/h4-13,25H,1-3H3,(H,27,30)(H,26,28,31). The molecule has 0 fully saturated rings. The van der Waals surface area contributed by atoms with Crippen LogP contribution >= 0.6 is 0 Å². The number of amides is 2. The van der Waals surface area contributed by atoms with E-state index in [0.29, 0.717) is 11.4 Å². The Balaban J connectivity index is 1.80. The molecule has 1 heterocycles. The van der Waals surface area contributed by atoms with Crippen LogP contribution in [0.5, 0.6) is 0 Å². The van der Waals surface area contributed by atoms with Crippen LogP contribution < -0.4 is 10.6 Å². The van der Waals surface area contributed by atoms with Gasteiger partial charge in [-0.1, -0.05) is 24.3 Å². The highest BCUT2D eigenvalue weighted by Gasteiger charge is 2.18. The van der Waals surface area contributed by atoms with E-state index < -0.39 is 17.6 Å². The Morgan fingerprint density at radius 3 is 2.32 bits per heavy atom. The van der Waals surface area contributed by atoms with Gasteiger partial charge in [0.25, 0.3) is 11.8 Å². The molecule has 8 heteroatoms. The van der Waals surface area contributed by atoms with E-state index >= 15 is 0 Å². The molecule has 0 spiro atoms. The zero-order chi connectivity index (χ0) is 22.5. The average molecular weight is 419 g/mol. The summed E-state index contributed by atoms with van der Waals surface area (Å²) in [6, 6.07) is 13.9. The Morgan fingerprint density at radius 1 is 0.968 bits per heavy atom. The highest BCUT2D eigenvalue weighted by Crippen LogP contribution is 2.19. The van der Waals surface area contributed by atoms with Crippen LogP contribution in [-0.4, -0.2) is 41.6 Å². The molecular weight excluding hydrogens is 397 g/mol. The number of hydrogen-bond acceptors (Lipinski definition) is 4. The van der Waals surface area contributed by atoms with Crippen LogP contribution in [0.15, 0.2) is 60.8 Å². The van der Waals surface area contributed by atoms with E-state index in [-0.39, 0.29) is 22.6 Å². The van der Waals surface area contributed by atoms with Crippen LogP contribution in [0.2, 0.25) is 0 Å². The number of pyridine rings is 1. The topological polar surface area (TPSA) is 98.2 Å². The molecule has 0 aliphatic rings. The summed E-state index contributed by atoms with van der Waals surface area (Å²) in [4.78, 5) is 31.0. The van der Waals surface area contributed by atoms with Gasteiger partial charge in [-0.25, -0.2) is 9.37 Å². The van der Waals surface area contributed by atoms with Crippen molar-refractivity contribution < 1.29 is 14.0 Å². The molecule has 158 valence electrons. The minimum Gasteiger partial charge on any atom is -0.363 e. The summed E-state index contributed by atoms with van der Waals surface area (Å²) in [7, 11) is 3.35. The van der Waals surface area contributed by atoms with Gasteiger partial charge >= 0.3 is 0 Å². The number of hydrogen-bond donors (Lipinski definition) is 3. The normalized spacial score (nSPS) is 10.3. The first-order chi connectivity index (χ1) is 14.8. The largest absolute Gasteiger partial charge is 0.363 e. The summed E-state index contributed by atoms with van der Waals surface area (Å²) in [5, 5.41) is 13.2. The number of aryl methyl sites for hydroxylation is 1. The fraction of sp³-hybridized carbons (Fsp3) is 0.130. The molecule has 3 N–H and O–H groups in total. The van der Waals surface area contributed by atoms with E-state index in [2.05, 4.69) is 15.6 Å². The third-order valence-electron chi connectivity index (χ3n) is 4.51. The van der Waals surface area contributed by atoms with Crippen LogP contribution in [0.25, 0.3) is 0 Å². The average Bonchev–Trinajstić information content (AvgIpc) is 2.74. The van der Waals surface area contributed by atoms with Gasteiger partial charge in [0.05, 0.1) is 16.8 Å². The van der Waals surface area contributed by atoms with Crippen molar-refractivity contribution in [3.8, 4) is 0 Å². The third-order valence-corrected chi connectivity index (χ3v) is 4.51. The highest BCUT2D eigenvalue weighted by molar-refractivity contribution is 6.12. The van der Waals surface area contributed by atoms with E-state index in [9.17, 15) is 14.0 Å². The first-order valence-electron chi connectivity index (χ1n) is 9.46. The van der Waals surface area contributed by atoms with Gasteiger partial charge in [0.2, 0.25) is 0 Å². The van der Waals surface area contributed by atoms with Crippen molar-refractivity contribution in [2.45, 2.75) is 6.92 Å². The Bertz CT molecular complexity index is 1140. The fourth-order valence-electron chi connectivity index (χ4n) is 2.81. The monoisotopic (exact) mass is 419 g/mol. The van der Waals surface area contributed by atoms with Gasteiger partial charge in [-0.05, 0) is 42.8 Å². The summed E-state index contributed by atoms with van der Waals surface area (Å²) in [5.41, 5.74) is 1.57. The van der Waals surface area contributed by atoms with Crippen LogP contribution in [0.4, 0.5) is 15.9 Å². The van der Waals surface area contributed by atoms with E-state index in [1.165, 1.54) is 17.0 Å². The number of benzene rings is 2. The van der Waals surface area contributed by atoms with Gasteiger partial charge in [-0.2, -0.15) is 0 Å². The molecule has 2 aromatic carbocycles. The van der Waals surface area contributed by atoms with E-state index in [1.807, 2.05) is 13.0 Å². The number of nitrogens with one attached hydrogen (secondary N) is 3. The molecule has 0 saturated heterocycles. The Kier molecular flexibility index (Phi) is 6.40. The van der Waals surface area contributed by atoms with Gasteiger partial charge in [0.15, 0.2) is 0 Å². The molecule has 3 rings (SSSR count). The van der Waals surface area contributed by atoms with Gasteiger partial charge < -0.3 is 15.5 Å². The molecule has 1 aromatic heterocycles. The molecule has 0 atom stereocenters. The molecule has 2 amide bonds. The smallest absolute Gasteiger partial charge is 0.258 e. The molecule has 0 bridgehead atoms. The fourth-order valence-corrected chi connectivity index (χ4v) is 2.81. The number of amidine groups is 1. The Hall–Kier alpha value is -4.07. The van der Waals surface area contributed by atoms with Crippen LogP contribution in [-0.2, 0) is 0 Å². The maximum atomic E-state index is 14.5. The second-order valence-electron chi connectivity index (χ2n) is 7.11. The minimum absolute atomic E-state index is 0.123. The molecule has 31 heavy (non-hydrogen) atoms. The number of halogens is 1. The molecular formula is C23H22FN5O2. The lowest BCUT2D eigenvalue weighted by Crippen LogP contribution is -2.23. The number of rotatable bonds is 5. The Labute approximate surface area is 179 Å². The third kappa shape index (κ3) is 5.11. The molecule has 0 radical (unpaired) electrons. The number of para-hydroxylation sites is 1. The molecule has 0 aliphatic heterocycles. The summed E-state index contributed by atoms with van der Waals surface area (Å²) < 4.78 is 14.5.